The molecule has 0 saturated heterocycles. The molecule has 21 heavy (non-hydrogen) atoms. The van der Waals surface area contributed by atoms with Crippen LogP contribution in [0.4, 0.5) is 5.69 Å². The monoisotopic (exact) mass is 364 g/mol. The molecule has 2 aromatic rings. The summed E-state index contributed by atoms with van der Waals surface area (Å²) in [5, 5.41) is 6.66. The lowest BCUT2D eigenvalue weighted by atomic mass is 10.0. The number of fused-ring (bicyclic) bond motifs is 1. The molecule has 108 valence electrons. The van der Waals surface area contributed by atoms with Gasteiger partial charge >= 0.3 is 0 Å². The molecule has 1 aliphatic heterocycles. The van der Waals surface area contributed by atoms with Crippen molar-refractivity contribution < 1.29 is 4.79 Å². The molecule has 3 nitrogen and oxygen atoms in total. The number of benzene rings is 2. The lowest BCUT2D eigenvalue weighted by Crippen LogP contribution is -2.23. The molecule has 0 aromatic heterocycles. The number of halogens is 2. The summed E-state index contributed by atoms with van der Waals surface area (Å²) in [7, 11) is 0. The molecule has 0 radical (unpaired) electrons. The maximum absolute atomic E-state index is 12.3. The summed E-state index contributed by atoms with van der Waals surface area (Å²) < 4.78 is 0.714. The highest BCUT2D eigenvalue weighted by atomic mass is 79.9. The summed E-state index contributed by atoms with van der Waals surface area (Å²) in [5.41, 5.74) is 3.83. The zero-order valence-electron chi connectivity index (χ0n) is 11.2. The van der Waals surface area contributed by atoms with E-state index in [-0.39, 0.29) is 5.91 Å². The Balaban J connectivity index is 1.83. The van der Waals surface area contributed by atoms with Gasteiger partial charge in [0.1, 0.15) is 0 Å². The molecule has 0 saturated carbocycles. The van der Waals surface area contributed by atoms with Crippen LogP contribution in [0.5, 0.6) is 0 Å². The van der Waals surface area contributed by atoms with Crippen molar-refractivity contribution in [3.8, 4) is 0 Å². The van der Waals surface area contributed by atoms with E-state index in [0.717, 1.165) is 25.2 Å². The van der Waals surface area contributed by atoms with Gasteiger partial charge < -0.3 is 10.6 Å². The summed E-state index contributed by atoms with van der Waals surface area (Å²) in [6.45, 7) is 1.85. The first-order valence-electron chi connectivity index (χ1n) is 6.73. The van der Waals surface area contributed by atoms with Crippen LogP contribution in [0, 0.1) is 0 Å². The number of hydrogen-bond donors (Lipinski definition) is 2. The van der Waals surface area contributed by atoms with E-state index in [1.165, 1.54) is 11.1 Å². The maximum atomic E-state index is 12.3. The van der Waals surface area contributed by atoms with Crippen LogP contribution in [0.3, 0.4) is 0 Å². The van der Waals surface area contributed by atoms with Gasteiger partial charge in [0.05, 0.1) is 10.6 Å². The number of amides is 1. The molecule has 0 aliphatic carbocycles. The van der Waals surface area contributed by atoms with E-state index in [1.807, 2.05) is 18.2 Å². The second-order valence-corrected chi connectivity index (χ2v) is 6.20. The fourth-order valence-corrected chi connectivity index (χ4v) is 3.01. The first kappa shape index (κ1) is 14.6. The highest BCUT2D eigenvalue weighted by Gasteiger charge is 2.14. The Morgan fingerprint density at radius 2 is 2.10 bits per heavy atom. The number of carbonyl (C=O) groups excluding carboxylic acids is 1. The van der Waals surface area contributed by atoms with Crippen LogP contribution >= 0.6 is 27.5 Å². The van der Waals surface area contributed by atoms with Gasteiger partial charge in [-0.2, -0.15) is 0 Å². The fourth-order valence-electron chi connectivity index (χ4n) is 2.44. The van der Waals surface area contributed by atoms with Crippen LogP contribution < -0.4 is 10.6 Å². The number of rotatable bonds is 2. The van der Waals surface area contributed by atoms with Crippen molar-refractivity contribution in [2.45, 2.75) is 13.0 Å². The van der Waals surface area contributed by atoms with Gasteiger partial charge in [0.15, 0.2) is 0 Å². The molecule has 5 heteroatoms. The SMILES string of the molecule is O=C(Nc1ccc2c(c1)CNCC2)c1cccc(Br)c1Cl. The Morgan fingerprint density at radius 1 is 1.24 bits per heavy atom. The van der Waals surface area contributed by atoms with Gasteiger partial charge in [-0.05, 0) is 64.3 Å². The van der Waals surface area contributed by atoms with E-state index >= 15 is 0 Å². The van der Waals surface area contributed by atoms with E-state index in [2.05, 4.69) is 32.6 Å². The van der Waals surface area contributed by atoms with Crippen molar-refractivity contribution >= 4 is 39.1 Å². The van der Waals surface area contributed by atoms with Crippen molar-refractivity contribution in [3.63, 3.8) is 0 Å². The Morgan fingerprint density at radius 3 is 2.95 bits per heavy atom. The van der Waals surface area contributed by atoms with Gasteiger partial charge in [0.2, 0.25) is 0 Å². The van der Waals surface area contributed by atoms with Crippen molar-refractivity contribution in [2.75, 3.05) is 11.9 Å². The molecule has 0 spiro atoms. The number of carbonyl (C=O) groups is 1. The summed E-state index contributed by atoms with van der Waals surface area (Å²) >= 11 is 9.48. The standard InChI is InChI=1S/C16H14BrClN2O/c17-14-3-1-2-13(15(14)18)16(21)20-12-5-4-10-6-7-19-9-11(10)8-12/h1-5,8,19H,6-7,9H2,(H,20,21). The summed E-state index contributed by atoms with van der Waals surface area (Å²) in [6.07, 6.45) is 1.03. The third kappa shape index (κ3) is 3.12. The molecule has 1 amide bonds. The molecular weight excluding hydrogens is 352 g/mol. The minimum absolute atomic E-state index is 0.204. The van der Waals surface area contributed by atoms with E-state index < -0.39 is 0 Å². The number of nitrogens with one attached hydrogen (secondary N) is 2. The quantitative estimate of drug-likeness (QED) is 0.844. The van der Waals surface area contributed by atoms with Crippen molar-refractivity contribution in [2.24, 2.45) is 0 Å². The first-order valence-corrected chi connectivity index (χ1v) is 7.90. The first-order chi connectivity index (χ1) is 10.1. The summed E-state index contributed by atoms with van der Waals surface area (Å²) in [5.74, 6) is -0.204. The van der Waals surface area contributed by atoms with Crippen LogP contribution in [-0.4, -0.2) is 12.5 Å². The van der Waals surface area contributed by atoms with Crippen molar-refractivity contribution in [1.82, 2.24) is 5.32 Å². The minimum atomic E-state index is -0.204. The van der Waals surface area contributed by atoms with Gasteiger partial charge in [-0.1, -0.05) is 23.7 Å². The van der Waals surface area contributed by atoms with Crippen molar-refractivity contribution in [3.05, 3.63) is 62.6 Å². The van der Waals surface area contributed by atoms with E-state index in [4.69, 9.17) is 11.6 Å². The molecule has 1 heterocycles. The summed E-state index contributed by atoms with van der Waals surface area (Å²) in [6, 6.07) is 11.3. The number of hydrogen-bond acceptors (Lipinski definition) is 2. The molecule has 2 N–H and O–H groups in total. The Bertz CT molecular complexity index is 703. The third-order valence-corrected chi connectivity index (χ3v) is 4.84. The molecule has 1 aliphatic rings. The molecule has 3 rings (SSSR count). The van der Waals surface area contributed by atoms with Crippen LogP contribution in [0.25, 0.3) is 0 Å². The highest BCUT2D eigenvalue weighted by Crippen LogP contribution is 2.27. The molecule has 2 aromatic carbocycles. The predicted molar refractivity (Wildman–Crippen MR) is 89.0 cm³/mol. The summed E-state index contributed by atoms with van der Waals surface area (Å²) in [4.78, 5) is 12.3. The molecular formula is C16H14BrClN2O. The largest absolute Gasteiger partial charge is 0.322 e. The Labute approximate surface area is 136 Å². The lowest BCUT2D eigenvalue weighted by Gasteiger charge is -2.18. The van der Waals surface area contributed by atoms with Crippen LogP contribution in [0.15, 0.2) is 40.9 Å². The predicted octanol–water partition coefficient (Wildman–Crippen LogP) is 4.00. The van der Waals surface area contributed by atoms with Gasteiger partial charge in [-0.15, -0.1) is 0 Å². The average molecular weight is 366 g/mol. The molecule has 0 fully saturated rings. The second-order valence-electron chi connectivity index (χ2n) is 4.97. The van der Waals surface area contributed by atoms with E-state index in [1.54, 1.807) is 12.1 Å². The normalized spacial score (nSPS) is 13.6. The minimum Gasteiger partial charge on any atom is -0.322 e. The van der Waals surface area contributed by atoms with E-state index in [0.29, 0.717) is 15.1 Å². The topological polar surface area (TPSA) is 41.1 Å². The van der Waals surface area contributed by atoms with Gasteiger partial charge in [-0.25, -0.2) is 0 Å². The molecule has 0 bridgehead atoms. The average Bonchev–Trinajstić information content (AvgIpc) is 2.50. The van der Waals surface area contributed by atoms with Gasteiger partial charge in [0, 0.05) is 16.7 Å². The molecule has 0 unspecified atom stereocenters. The third-order valence-electron chi connectivity index (χ3n) is 3.55. The second kappa shape index (κ2) is 6.18. The Hall–Kier alpha value is -1.36. The zero-order chi connectivity index (χ0) is 14.8. The Kier molecular flexibility index (Phi) is 4.29. The zero-order valence-corrected chi connectivity index (χ0v) is 13.6. The van der Waals surface area contributed by atoms with Gasteiger partial charge in [-0.3, -0.25) is 4.79 Å². The fraction of sp³-hybridized carbons (Fsp3) is 0.188. The van der Waals surface area contributed by atoms with Crippen molar-refractivity contribution in [1.29, 1.82) is 0 Å². The van der Waals surface area contributed by atoms with E-state index in [9.17, 15) is 4.79 Å². The van der Waals surface area contributed by atoms with Crippen LogP contribution in [-0.2, 0) is 13.0 Å². The molecule has 0 atom stereocenters. The number of anilines is 1. The maximum Gasteiger partial charge on any atom is 0.257 e. The smallest absolute Gasteiger partial charge is 0.257 e. The highest BCUT2D eigenvalue weighted by molar-refractivity contribution is 9.10. The van der Waals surface area contributed by atoms with Crippen LogP contribution in [0.1, 0.15) is 21.5 Å². The van der Waals surface area contributed by atoms with Crippen LogP contribution in [0.2, 0.25) is 5.02 Å². The lowest BCUT2D eigenvalue weighted by molar-refractivity contribution is 0.102. The van der Waals surface area contributed by atoms with Gasteiger partial charge in [0.25, 0.3) is 5.91 Å².